The predicted molar refractivity (Wildman–Crippen MR) is 86.1 cm³/mol. The minimum atomic E-state index is -4.75. The van der Waals surface area contributed by atoms with E-state index in [4.69, 9.17) is 4.74 Å². The monoisotopic (exact) mass is 403 g/mol. The van der Waals surface area contributed by atoms with Crippen LogP contribution in [0.2, 0.25) is 0 Å². The number of nitrogens with one attached hydrogen (secondary N) is 1. The van der Waals surface area contributed by atoms with Gasteiger partial charge in [-0.25, -0.2) is 0 Å². The molecular formula is C16H13BrF3NO3. The largest absolute Gasteiger partial charge is 0.573 e. The number of alkyl halides is 3. The molecule has 0 saturated heterocycles. The molecule has 0 bridgehead atoms. The van der Waals surface area contributed by atoms with E-state index in [0.29, 0.717) is 11.4 Å². The fraction of sp³-hybridized carbons (Fsp3) is 0.188. The van der Waals surface area contributed by atoms with Gasteiger partial charge in [0.15, 0.2) is 6.61 Å². The molecule has 0 aromatic heterocycles. The molecule has 2 rings (SSSR count). The summed E-state index contributed by atoms with van der Waals surface area (Å²) in [6, 6.07) is 10.1. The van der Waals surface area contributed by atoms with Crippen LogP contribution in [0.5, 0.6) is 11.5 Å². The highest BCUT2D eigenvalue weighted by molar-refractivity contribution is 9.10. The number of anilines is 1. The molecule has 0 aliphatic carbocycles. The van der Waals surface area contributed by atoms with E-state index < -0.39 is 12.3 Å². The molecule has 0 radical (unpaired) electrons. The van der Waals surface area contributed by atoms with E-state index in [9.17, 15) is 18.0 Å². The smallest absolute Gasteiger partial charge is 0.484 e. The Morgan fingerprint density at radius 1 is 1.12 bits per heavy atom. The van der Waals surface area contributed by atoms with E-state index in [1.165, 1.54) is 12.1 Å². The topological polar surface area (TPSA) is 47.6 Å². The molecule has 0 atom stereocenters. The Morgan fingerprint density at radius 3 is 2.33 bits per heavy atom. The van der Waals surface area contributed by atoms with Crippen LogP contribution in [-0.2, 0) is 4.79 Å². The highest BCUT2D eigenvalue weighted by Crippen LogP contribution is 2.24. The number of hydrogen-bond donors (Lipinski definition) is 1. The van der Waals surface area contributed by atoms with Crippen LogP contribution >= 0.6 is 15.9 Å². The molecule has 1 N–H and O–H groups in total. The van der Waals surface area contributed by atoms with E-state index in [1.807, 2.05) is 13.0 Å². The molecule has 0 spiro atoms. The van der Waals surface area contributed by atoms with Crippen LogP contribution in [0, 0.1) is 6.92 Å². The van der Waals surface area contributed by atoms with Gasteiger partial charge in [-0.05, 0) is 55.0 Å². The second-order valence-electron chi connectivity index (χ2n) is 4.82. The lowest BCUT2D eigenvalue weighted by Crippen LogP contribution is -2.20. The first-order chi connectivity index (χ1) is 11.2. The molecule has 0 aliphatic rings. The van der Waals surface area contributed by atoms with Gasteiger partial charge in [-0.3, -0.25) is 4.79 Å². The van der Waals surface area contributed by atoms with Crippen molar-refractivity contribution in [3.8, 4) is 11.5 Å². The normalized spacial score (nSPS) is 11.0. The van der Waals surface area contributed by atoms with E-state index >= 15 is 0 Å². The summed E-state index contributed by atoms with van der Waals surface area (Å²) in [7, 11) is 0. The highest BCUT2D eigenvalue weighted by Gasteiger charge is 2.30. The summed E-state index contributed by atoms with van der Waals surface area (Å²) < 4.78 is 46.2. The van der Waals surface area contributed by atoms with E-state index in [1.54, 1.807) is 12.1 Å². The maximum absolute atomic E-state index is 12.1. The van der Waals surface area contributed by atoms with Gasteiger partial charge in [0.25, 0.3) is 5.91 Å². The van der Waals surface area contributed by atoms with Crippen molar-refractivity contribution in [3.05, 3.63) is 52.5 Å². The van der Waals surface area contributed by atoms with E-state index in [2.05, 4.69) is 26.0 Å². The predicted octanol–water partition coefficient (Wildman–Crippen LogP) is 4.67. The van der Waals surface area contributed by atoms with Crippen molar-refractivity contribution in [1.82, 2.24) is 0 Å². The first-order valence-electron chi connectivity index (χ1n) is 6.77. The molecule has 0 heterocycles. The summed E-state index contributed by atoms with van der Waals surface area (Å²) >= 11 is 3.36. The molecule has 2 aromatic carbocycles. The lowest BCUT2D eigenvalue weighted by Gasteiger charge is -2.10. The Morgan fingerprint density at radius 2 is 1.75 bits per heavy atom. The average Bonchev–Trinajstić information content (AvgIpc) is 2.49. The van der Waals surface area contributed by atoms with Gasteiger partial charge < -0.3 is 14.8 Å². The van der Waals surface area contributed by atoms with Gasteiger partial charge in [0, 0.05) is 10.2 Å². The lowest BCUT2D eigenvalue weighted by atomic mass is 10.2. The molecular weight excluding hydrogens is 391 g/mol. The number of benzene rings is 2. The van der Waals surface area contributed by atoms with Crippen LogP contribution < -0.4 is 14.8 Å². The van der Waals surface area contributed by atoms with Gasteiger partial charge in [-0.2, -0.15) is 0 Å². The summed E-state index contributed by atoms with van der Waals surface area (Å²) in [5, 5.41) is 2.52. The number of carbonyl (C=O) groups is 1. The summed E-state index contributed by atoms with van der Waals surface area (Å²) in [4.78, 5) is 11.8. The first kappa shape index (κ1) is 18.1. The Labute approximate surface area is 144 Å². The number of ether oxygens (including phenoxy) is 2. The number of amides is 1. The summed E-state index contributed by atoms with van der Waals surface area (Å²) in [6.07, 6.45) is -4.75. The number of rotatable bonds is 5. The molecule has 0 saturated carbocycles. The minimum absolute atomic E-state index is 0.220. The Bertz CT molecular complexity index is 717. The van der Waals surface area contributed by atoms with E-state index in [0.717, 1.165) is 22.2 Å². The molecule has 1 amide bonds. The standard InChI is InChI=1S/C16H13BrF3NO3/c1-10-8-13(6-7-14(10)17)23-9-15(22)21-11-2-4-12(5-3-11)24-16(18,19)20/h2-8H,9H2,1H3,(H,21,22). The Kier molecular flexibility index (Phi) is 5.71. The summed E-state index contributed by atoms with van der Waals surface area (Å²) in [5.41, 5.74) is 1.30. The molecule has 8 heteroatoms. The fourth-order valence-electron chi connectivity index (χ4n) is 1.79. The molecule has 0 fully saturated rings. The van der Waals surface area contributed by atoms with Crippen molar-refractivity contribution < 1.29 is 27.4 Å². The summed E-state index contributed by atoms with van der Waals surface area (Å²) in [5.74, 6) is -0.248. The number of carbonyl (C=O) groups excluding carboxylic acids is 1. The second kappa shape index (κ2) is 7.57. The van der Waals surface area contributed by atoms with E-state index in [-0.39, 0.29) is 12.4 Å². The van der Waals surface area contributed by atoms with Gasteiger partial charge in [0.2, 0.25) is 0 Å². The molecule has 4 nitrogen and oxygen atoms in total. The van der Waals surface area contributed by atoms with Gasteiger partial charge in [0.1, 0.15) is 11.5 Å². The maximum atomic E-state index is 12.1. The number of hydrogen-bond acceptors (Lipinski definition) is 3. The quantitative estimate of drug-likeness (QED) is 0.788. The lowest BCUT2D eigenvalue weighted by molar-refractivity contribution is -0.274. The average molecular weight is 404 g/mol. The van der Waals surface area contributed by atoms with Gasteiger partial charge in [-0.1, -0.05) is 15.9 Å². The third-order valence-electron chi connectivity index (χ3n) is 2.87. The molecule has 24 heavy (non-hydrogen) atoms. The number of halogens is 4. The SMILES string of the molecule is Cc1cc(OCC(=O)Nc2ccc(OC(F)(F)F)cc2)ccc1Br. The van der Waals surface area contributed by atoms with Crippen molar-refractivity contribution in [2.24, 2.45) is 0 Å². The maximum Gasteiger partial charge on any atom is 0.573 e. The van der Waals surface area contributed by atoms with Crippen molar-refractivity contribution in [1.29, 1.82) is 0 Å². The molecule has 0 aliphatic heterocycles. The van der Waals surface area contributed by atoms with Crippen LogP contribution in [-0.4, -0.2) is 18.9 Å². The molecule has 2 aromatic rings. The Hall–Kier alpha value is -2.22. The van der Waals surface area contributed by atoms with Crippen LogP contribution in [0.15, 0.2) is 46.9 Å². The van der Waals surface area contributed by atoms with Crippen LogP contribution in [0.3, 0.4) is 0 Å². The molecule has 0 unspecified atom stereocenters. The summed E-state index contributed by atoms with van der Waals surface area (Å²) in [6.45, 7) is 1.67. The van der Waals surface area contributed by atoms with Crippen molar-refractivity contribution >= 4 is 27.5 Å². The van der Waals surface area contributed by atoms with Gasteiger partial charge >= 0.3 is 6.36 Å². The minimum Gasteiger partial charge on any atom is -0.484 e. The third-order valence-corrected chi connectivity index (χ3v) is 3.76. The molecule has 128 valence electrons. The zero-order chi connectivity index (χ0) is 17.7. The third kappa shape index (κ3) is 5.77. The van der Waals surface area contributed by atoms with Crippen LogP contribution in [0.25, 0.3) is 0 Å². The van der Waals surface area contributed by atoms with Crippen LogP contribution in [0.1, 0.15) is 5.56 Å². The fourth-order valence-corrected chi connectivity index (χ4v) is 2.04. The first-order valence-corrected chi connectivity index (χ1v) is 7.57. The van der Waals surface area contributed by atoms with Crippen LogP contribution in [0.4, 0.5) is 18.9 Å². The Balaban J connectivity index is 1.86. The number of aryl methyl sites for hydroxylation is 1. The highest BCUT2D eigenvalue weighted by atomic mass is 79.9. The second-order valence-corrected chi connectivity index (χ2v) is 5.67. The zero-order valence-corrected chi connectivity index (χ0v) is 14.1. The van der Waals surface area contributed by atoms with Gasteiger partial charge in [0.05, 0.1) is 0 Å². The van der Waals surface area contributed by atoms with Crippen molar-refractivity contribution in [2.45, 2.75) is 13.3 Å². The van der Waals surface area contributed by atoms with Crippen molar-refractivity contribution in [2.75, 3.05) is 11.9 Å². The van der Waals surface area contributed by atoms with Gasteiger partial charge in [-0.15, -0.1) is 13.2 Å². The van der Waals surface area contributed by atoms with Crippen molar-refractivity contribution in [3.63, 3.8) is 0 Å². The zero-order valence-electron chi connectivity index (χ0n) is 12.5.